The third-order valence-electron chi connectivity index (χ3n) is 10.2. The van der Waals surface area contributed by atoms with E-state index in [-0.39, 0.29) is 85.1 Å². The molecular weight excluding hydrogens is 739 g/mol. The lowest BCUT2D eigenvalue weighted by atomic mass is 9.84. The molecule has 0 spiro atoms. The van der Waals surface area contributed by atoms with E-state index in [4.69, 9.17) is 18.9 Å². The molecule has 0 bridgehead atoms. The van der Waals surface area contributed by atoms with Gasteiger partial charge in [-0.2, -0.15) is 13.2 Å². The predicted octanol–water partition coefficient (Wildman–Crippen LogP) is 3.08. The second-order valence-electron chi connectivity index (χ2n) is 14.0. The van der Waals surface area contributed by atoms with Crippen molar-refractivity contribution in [3.05, 3.63) is 62.9 Å². The van der Waals surface area contributed by atoms with Crippen LogP contribution < -0.4 is 31.5 Å². The van der Waals surface area contributed by atoms with E-state index >= 15 is 0 Å². The number of hydrogen-bond acceptors (Lipinski definition) is 13. The molecule has 306 valence electrons. The van der Waals surface area contributed by atoms with Crippen LogP contribution in [0.25, 0.3) is 10.9 Å². The van der Waals surface area contributed by atoms with Gasteiger partial charge in [-0.25, -0.2) is 9.97 Å². The molecule has 1 saturated carbocycles. The zero-order chi connectivity index (χ0) is 40.4. The summed E-state index contributed by atoms with van der Waals surface area (Å²) in [6.45, 7) is 8.29. The van der Waals surface area contributed by atoms with Crippen LogP contribution in [0.4, 0.5) is 24.7 Å². The Hall–Kier alpha value is -4.81. The number of ether oxygens (including phenoxy) is 4. The van der Waals surface area contributed by atoms with E-state index in [2.05, 4.69) is 44.7 Å². The fourth-order valence-electron chi connectivity index (χ4n) is 7.03. The van der Waals surface area contributed by atoms with E-state index in [1.165, 1.54) is 24.7 Å². The molecule has 56 heavy (non-hydrogen) atoms. The molecule has 3 N–H and O–H groups in total. The lowest BCUT2D eigenvalue weighted by Gasteiger charge is -2.44. The third kappa shape index (κ3) is 10.5. The van der Waals surface area contributed by atoms with Crippen LogP contribution in [0.2, 0.25) is 0 Å². The molecule has 5 rings (SSSR count). The lowest BCUT2D eigenvalue weighted by Crippen LogP contribution is -2.58. The summed E-state index contributed by atoms with van der Waals surface area (Å²) < 4.78 is 62.0. The minimum atomic E-state index is -4.55. The minimum absolute atomic E-state index is 0.0587. The fourth-order valence-corrected chi connectivity index (χ4v) is 7.03. The van der Waals surface area contributed by atoms with Gasteiger partial charge in [-0.05, 0) is 71.7 Å². The van der Waals surface area contributed by atoms with E-state index < -0.39 is 28.6 Å². The van der Waals surface area contributed by atoms with Gasteiger partial charge in [0.05, 0.1) is 62.5 Å². The molecule has 3 aromatic rings. The Morgan fingerprint density at radius 3 is 2.52 bits per heavy atom. The van der Waals surface area contributed by atoms with Gasteiger partial charge in [0.25, 0.3) is 10.9 Å². The summed E-state index contributed by atoms with van der Waals surface area (Å²) in [7, 11) is 2.05. The van der Waals surface area contributed by atoms with Crippen molar-refractivity contribution < 1.29 is 41.7 Å². The van der Waals surface area contributed by atoms with Gasteiger partial charge in [-0.15, -0.1) is 0 Å². The molecule has 0 unspecified atom stereocenters. The minimum Gasteiger partial charge on any atom is -0.499 e. The average Bonchev–Trinajstić information content (AvgIpc) is 3.53. The summed E-state index contributed by atoms with van der Waals surface area (Å²) in [5.74, 6) is -0.369. The van der Waals surface area contributed by atoms with Gasteiger partial charge in [0.2, 0.25) is 11.8 Å². The molecule has 1 aromatic heterocycles. The first-order valence-electron chi connectivity index (χ1n) is 18.8. The number of hydrogen-bond donors (Lipinski definition) is 3. The first-order valence-corrected chi connectivity index (χ1v) is 18.8. The van der Waals surface area contributed by atoms with Crippen LogP contribution in [-0.2, 0) is 30.0 Å². The highest BCUT2D eigenvalue weighted by atomic mass is 19.4. The molecule has 15 nitrogen and oxygen atoms in total. The van der Waals surface area contributed by atoms with Crippen LogP contribution in [0.5, 0.6) is 5.75 Å². The average molecular weight is 790 g/mol. The Kier molecular flexibility index (Phi) is 14.6. The molecule has 1 saturated heterocycles. The van der Waals surface area contributed by atoms with Crippen molar-refractivity contribution in [1.82, 2.24) is 25.1 Å². The van der Waals surface area contributed by atoms with Gasteiger partial charge in [0, 0.05) is 36.6 Å². The van der Waals surface area contributed by atoms with Gasteiger partial charge in [0.15, 0.2) is 5.75 Å². The molecule has 2 fully saturated rings. The Balaban J connectivity index is 1.07. The maximum atomic E-state index is 13.8. The van der Waals surface area contributed by atoms with Crippen molar-refractivity contribution in [2.24, 2.45) is 0 Å². The van der Waals surface area contributed by atoms with Crippen molar-refractivity contribution >= 4 is 34.2 Å². The van der Waals surface area contributed by atoms with Crippen molar-refractivity contribution in [2.45, 2.75) is 82.8 Å². The zero-order valence-electron chi connectivity index (χ0n) is 32.0. The Labute approximate surface area is 322 Å². The molecule has 2 aromatic carbocycles. The van der Waals surface area contributed by atoms with Gasteiger partial charge >= 0.3 is 6.18 Å². The second kappa shape index (κ2) is 19.4. The number of rotatable bonds is 20. The molecule has 1 aliphatic heterocycles. The number of anilines is 2. The summed E-state index contributed by atoms with van der Waals surface area (Å²) in [4.78, 5) is 62.4. The van der Waals surface area contributed by atoms with Crippen LogP contribution in [0.1, 0.15) is 52.0 Å². The van der Waals surface area contributed by atoms with E-state index in [1.807, 2.05) is 7.05 Å². The van der Waals surface area contributed by atoms with E-state index in [9.17, 15) is 32.3 Å². The van der Waals surface area contributed by atoms with E-state index in [0.717, 1.165) is 18.6 Å². The quantitative estimate of drug-likeness (QED) is 0.0661. The third-order valence-corrected chi connectivity index (χ3v) is 10.2. The molecule has 2 heterocycles. The number of alkyl halides is 3. The smallest absolute Gasteiger partial charge is 0.416 e. The number of amides is 2. The predicted molar refractivity (Wildman–Crippen MR) is 202 cm³/mol. The van der Waals surface area contributed by atoms with Crippen LogP contribution in [-0.4, -0.2) is 122 Å². The van der Waals surface area contributed by atoms with Gasteiger partial charge in [-0.3, -0.25) is 19.2 Å². The number of nitrogens with zero attached hydrogens (tertiary/aromatic N) is 4. The summed E-state index contributed by atoms with van der Waals surface area (Å²) >= 11 is 0. The number of halogens is 3. The van der Waals surface area contributed by atoms with Crippen LogP contribution >= 0.6 is 0 Å². The second-order valence-corrected chi connectivity index (χ2v) is 14.0. The van der Waals surface area contributed by atoms with Crippen molar-refractivity contribution in [3.63, 3.8) is 0 Å². The van der Waals surface area contributed by atoms with Crippen molar-refractivity contribution in [2.75, 3.05) is 70.4 Å². The van der Waals surface area contributed by atoms with Crippen LogP contribution in [0, 0.1) is 0 Å². The number of nitrogens with one attached hydrogen (secondary N) is 3. The lowest BCUT2D eigenvalue weighted by molar-refractivity contribution is -0.137. The van der Waals surface area contributed by atoms with Gasteiger partial charge in [0.1, 0.15) is 30.5 Å². The Morgan fingerprint density at radius 1 is 1.04 bits per heavy atom. The van der Waals surface area contributed by atoms with Gasteiger partial charge in [-0.1, -0.05) is 0 Å². The largest absolute Gasteiger partial charge is 0.499 e. The zero-order valence-corrected chi connectivity index (χ0v) is 32.0. The van der Waals surface area contributed by atoms with E-state index in [0.29, 0.717) is 51.1 Å². The SMILES string of the molecule is CCOc1c(NCCOCCOCCOC=CC(=O)N[C@@H]2C[C@H](N(C)C(C)C)CC[C@@H]2N2CC[C@H](Nc3ncnc4ccc(C(F)(F)F)cc34)C2=O)c(=O)c1=O. The maximum absolute atomic E-state index is 13.8. The first-order chi connectivity index (χ1) is 26.8. The Morgan fingerprint density at radius 2 is 1.79 bits per heavy atom. The topological polar surface area (TPSA) is 174 Å². The molecule has 1 aliphatic carbocycles. The fraction of sp³-hybridized carbons (Fsp3) is 0.579. The molecular formula is C38H50F3N7O8. The summed E-state index contributed by atoms with van der Waals surface area (Å²) in [6, 6.07) is 2.34. The van der Waals surface area contributed by atoms with Crippen LogP contribution in [0.15, 0.2) is 46.5 Å². The normalized spacial score (nSPS) is 20.4. The highest BCUT2D eigenvalue weighted by molar-refractivity contribution is 5.93. The molecule has 0 radical (unpaired) electrons. The molecule has 2 aliphatic rings. The number of benzene rings is 1. The molecule has 18 heteroatoms. The van der Waals surface area contributed by atoms with Gasteiger partial charge < -0.3 is 44.7 Å². The first kappa shape index (κ1) is 42.3. The Bertz CT molecular complexity index is 1900. The standard InChI is InChI=1S/C38H50F3N7O8/c1-5-56-35-32(33(50)34(35)51)42-12-15-54-17-19-55-18-16-53-14-11-31(49)45-29-21-25(47(4)23(2)3)7-9-30(29)48-13-10-28(37(48)52)46-36-26-20-24(38(39,40)41)6-8-27(26)43-22-44-36/h6,8,11,14,20,22-23,25,28-30,42H,5,7,9-10,12-13,15-19,21H2,1-4H3,(H,45,49)(H,43,44,46)/t25-,28+,29-,30+/m1/s1. The highest BCUT2D eigenvalue weighted by Gasteiger charge is 2.43. The number of likely N-dealkylation sites (tertiary alicyclic amines) is 1. The number of aromatic nitrogens is 2. The van der Waals surface area contributed by atoms with Crippen molar-refractivity contribution in [1.29, 1.82) is 0 Å². The number of fused-ring (bicyclic) bond motifs is 1. The molecule has 2 amide bonds. The highest BCUT2D eigenvalue weighted by Crippen LogP contribution is 2.34. The number of carbonyl (C=O) groups is 2. The van der Waals surface area contributed by atoms with E-state index in [1.54, 1.807) is 11.8 Å². The summed E-state index contributed by atoms with van der Waals surface area (Å²) in [6.07, 6.45) is 1.80. The maximum Gasteiger partial charge on any atom is 0.416 e. The summed E-state index contributed by atoms with van der Waals surface area (Å²) in [5, 5.41) is 9.19. The van der Waals surface area contributed by atoms with Crippen molar-refractivity contribution in [3.8, 4) is 5.75 Å². The number of carbonyl (C=O) groups excluding carboxylic acids is 2. The monoisotopic (exact) mass is 789 g/mol. The summed E-state index contributed by atoms with van der Waals surface area (Å²) in [5.41, 5.74) is -1.56. The molecule has 4 atom stereocenters. The van der Waals surface area contributed by atoms with Crippen LogP contribution in [0.3, 0.4) is 0 Å².